The van der Waals surface area contributed by atoms with Gasteiger partial charge in [-0.05, 0) is 41.2 Å². The number of carbonyl (C=O) groups is 1. The summed E-state index contributed by atoms with van der Waals surface area (Å²) in [7, 11) is 0. The number of nitrogens with zero attached hydrogens (tertiary/aromatic N) is 1. The zero-order chi connectivity index (χ0) is 20.6. The predicted molar refractivity (Wildman–Crippen MR) is 121 cm³/mol. The Morgan fingerprint density at radius 2 is 1.83 bits per heavy atom. The van der Waals surface area contributed by atoms with Gasteiger partial charge < -0.3 is 21.3 Å². The molecule has 1 aliphatic rings. The molecular weight excluding hydrogens is 360 g/mol. The summed E-state index contributed by atoms with van der Waals surface area (Å²) >= 11 is 0. The number of hydrogen-bond acceptors (Lipinski definition) is 4. The van der Waals surface area contributed by atoms with E-state index in [4.69, 9.17) is 5.73 Å². The highest BCUT2D eigenvalue weighted by molar-refractivity contribution is 5.84. The van der Waals surface area contributed by atoms with Crippen molar-refractivity contribution < 1.29 is 4.79 Å². The topological polar surface area (TPSA) is 70.4 Å². The molecule has 5 nitrogen and oxygen atoms in total. The lowest BCUT2D eigenvalue weighted by Crippen LogP contribution is -2.43. The average Bonchev–Trinajstić information content (AvgIpc) is 2.76. The Balaban J connectivity index is 1.80. The maximum absolute atomic E-state index is 12.7. The molecule has 5 heteroatoms. The van der Waals surface area contributed by atoms with Crippen LogP contribution in [0.5, 0.6) is 0 Å². The maximum Gasteiger partial charge on any atom is 0.227 e. The molecule has 1 aliphatic heterocycles. The molecule has 29 heavy (non-hydrogen) atoms. The van der Waals surface area contributed by atoms with Gasteiger partial charge in [-0.3, -0.25) is 4.79 Å². The summed E-state index contributed by atoms with van der Waals surface area (Å²) in [6.07, 6.45) is 0.821. The fraction of sp³-hybridized carbons (Fsp3) is 0.458. The first-order valence-corrected chi connectivity index (χ1v) is 10.7. The fourth-order valence-electron chi connectivity index (χ4n) is 3.91. The van der Waals surface area contributed by atoms with Crippen molar-refractivity contribution in [2.45, 2.75) is 26.2 Å². The summed E-state index contributed by atoms with van der Waals surface area (Å²) in [6.45, 7) is 9.44. The molecule has 1 fully saturated rings. The normalized spacial score (nSPS) is 15.4. The Labute approximate surface area is 174 Å². The maximum atomic E-state index is 12.7. The van der Waals surface area contributed by atoms with E-state index in [0.29, 0.717) is 19.0 Å². The lowest BCUT2D eigenvalue weighted by atomic mass is 9.88. The number of rotatable bonds is 8. The number of benzene rings is 2. The average molecular weight is 395 g/mol. The van der Waals surface area contributed by atoms with Crippen LogP contribution in [-0.4, -0.2) is 45.2 Å². The molecule has 0 aromatic heterocycles. The number of carbonyl (C=O) groups excluding carboxylic acids is 1. The monoisotopic (exact) mass is 394 g/mol. The van der Waals surface area contributed by atoms with Gasteiger partial charge in [0.15, 0.2) is 0 Å². The Bertz CT molecular complexity index is 782. The quantitative estimate of drug-likeness (QED) is 0.644. The first-order chi connectivity index (χ1) is 14.1. The largest absolute Gasteiger partial charge is 0.369 e. The summed E-state index contributed by atoms with van der Waals surface area (Å²) in [4.78, 5) is 15.1. The highest BCUT2D eigenvalue weighted by Gasteiger charge is 2.22. The van der Waals surface area contributed by atoms with Gasteiger partial charge in [-0.15, -0.1) is 0 Å². The van der Waals surface area contributed by atoms with E-state index in [-0.39, 0.29) is 11.8 Å². The summed E-state index contributed by atoms with van der Waals surface area (Å²) < 4.78 is 0. The van der Waals surface area contributed by atoms with E-state index in [2.05, 4.69) is 77.9 Å². The van der Waals surface area contributed by atoms with Crippen molar-refractivity contribution in [3.63, 3.8) is 0 Å². The van der Waals surface area contributed by atoms with Gasteiger partial charge in [0.25, 0.3) is 0 Å². The van der Waals surface area contributed by atoms with Crippen LogP contribution in [0.1, 0.15) is 31.7 Å². The molecule has 2 aromatic rings. The molecule has 0 spiro atoms. The third-order valence-corrected chi connectivity index (χ3v) is 5.44. The van der Waals surface area contributed by atoms with E-state index in [1.807, 2.05) is 0 Å². The van der Waals surface area contributed by atoms with Crippen LogP contribution in [0.25, 0.3) is 11.1 Å². The molecule has 4 N–H and O–H groups in total. The van der Waals surface area contributed by atoms with Gasteiger partial charge in [-0.25, -0.2) is 0 Å². The van der Waals surface area contributed by atoms with E-state index in [9.17, 15) is 4.79 Å². The number of nitrogens with one attached hydrogen (secondary N) is 2. The van der Waals surface area contributed by atoms with Crippen molar-refractivity contribution in [1.29, 1.82) is 0 Å². The second kappa shape index (κ2) is 10.4. The first-order valence-electron chi connectivity index (χ1n) is 10.7. The molecule has 2 aromatic carbocycles. The zero-order valence-corrected chi connectivity index (χ0v) is 17.7. The first kappa shape index (κ1) is 21.3. The van der Waals surface area contributed by atoms with E-state index in [0.717, 1.165) is 43.7 Å². The lowest BCUT2D eigenvalue weighted by molar-refractivity contribution is -0.122. The van der Waals surface area contributed by atoms with Crippen LogP contribution in [0.15, 0.2) is 48.5 Å². The van der Waals surface area contributed by atoms with Gasteiger partial charge in [0, 0.05) is 45.0 Å². The van der Waals surface area contributed by atoms with Crippen molar-refractivity contribution in [2.75, 3.05) is 44.2 Å². The standard InChI is InChI=1S/C24H34N4O/c1-18(2)16-23(24(29)27-11-10-25)21-5-3-4-20(17-21)19-6-8-22(9-7-19)28-14-12-26-13-15-28/h3-9,17-18,23,26H,10-16,25H2,1-2H3,(H,27,29). The van der Waals surface area contributed by atoms with Gasteiger partial charge >= 0.3 is 0 Å². The number of nitrogens with two attached hydrogens (primary N) is 1. The van der Waals surface area contributed by atoms with Gasteiger partial charge in [-0.2, -0.15) is 0 Å². The Hall–Kier alpha value is -2.37. The molecule has 156 valence electrons. The van der Waals surface area contributed by atoms with Gasteiger partial charge in [0.05, 0.1) is 5.92 Å². The smallest absolute Gasteiger partial charge is 0.227 e. The minimum absolute atomic E-state index is 0.0651. The van der Waals surface area contributed by atoms with Gasteiger partial charge in [0.1, 0.15) is 0 Å². The fourth-order valence-corrected chi connectivity index (χ4v) is 3.91. The van der Waals surface area contributed by atoms with Crippen molar-refractivity contribution in [2.24, 2.45) is 11.7 Å². The minimum Gasteiger partial charge on any atom is -0.369 e. The molecule has 1 atom stereocenters. The SMILES string of the molecule is CC(C)CC(C(=O)NCCN)c1cccc(-c2ccc(N3CCNCC3)cc2)c1. The molecule has 1 amide bonds. The highest BCUT2D eigenvalue weighted by atomic mass is 16.1. The third-order valence-electron chi connectivity index (χ3n) is 5.44. The van der Waals surface area contributed by atoms with Crippen LogP contribution in [-0.2, 0) is 4.79 Å². The Kier molecular flexibility index (Phi) is 7.67. The van der Waals surface area contributed by atoms with Crippen molar-refractivity contribution >= 4 is 11.6 Å². The Morgan fingerprint density at radius 3 is 2.48 bits per heavy atom. The van der Waals surface area contributed by atoms with Crippen LogP contribution in [0.2, 0.25) is 0 Å². The molecule has 0 radical (unpaired) electrons. The van der Waals surface area contributed by atoms with Crippen molar-refractivity contribution in [3.05, 3.63) is 54.1 Å². The summed E-state index contributed by atoms with van der Waals surface area (Å²) in [5.41, 5.74) is 10.2. The van der Waals surface area contributed by atoms with Crippen LogP contribution >= 0.6 is 0 Å². The van der Waals surface area contributed by atoms with E-state index in [1.54, 1.807) is 0 Å². The number of amides is 1. The number of anilines is 1. The van der Waals surface area contributed by atoms with Crippen LogP contribution in [0.3, 0.4) is 0 Å². The van der Waals surface area contributed by atoms with Crippen molar-refractivity contribution in [3.8, 4) is 11.1 Å². The molecule has 1 heterocycles. The van der Waals surface area contributed by atoms with E-state index < -0.39 is 0 Å². The predicted octanol–water partition coefficient (Wildman–Crippen LogP) is 2.97. The minimum atomic E-state index is -0.151. The molecule has 1 unspecified atom stereocenters. The Morgan fingerprint density at radius 1 is 1.10 bits per heavy atom. The zero-order valence-electron chi connectivity index (χ0n) is 17.7. The third kappa shape index (κ3) is 5.81. The van der Waals surface area contributed by atoms with Crippen LogP contribution in [0.4, 0.5) is 5.69 Å². The second-order valence-electron chi connectivity index (χ2n) is 8.17. The number of piperazine rings is 1. The molecule has 0 saturated carbocycles. The van der Waals surface area contributed by atoms with Crippen LogP contribution < -0.4 is 21.3 Å². The second-order valence-corrected chi connectivity index (χ2v) is 8.17. The molecule has 3 rings (SSSR count). The lowest BCUT2D eigenvalue weighted by Gasteiger charge is -2.29. The molecular formula is C24H34N4O. The van der Waals surface area contributed by atoms with Gasteiger partial charge in [0.2, 0.25) is 5.91 Å². The molecule has 0 bridgehead atoms. The molecule has 0 aliphatic carbocycles. The van der Waals surface area contributed by atoms with Gasteiger partial charge in [-0.1, -0.05) is 50.2 Å². The van der Waals surface area contributed by atoms with Crippen LogP contribution in [0, 0.1) is 5.92 Å². The van der Waals surface area contributed by atoms with E-state index >= 15 is 0 Å². The molecule has 1 saturated heterocycles. The number of hydrogen-bond donors (Lipinski definition) is 3. The summed E-state index contributed by atoms with van der Waals surface area (Å²) in [5.74, 6) is 0.350. The van der Waals surface area contributed by atoms with E-state index in [1.165, 1.54) is 11.3 Å². The van der Waals surface area contributed by atoms with Crippen molar-refractivity contribution in [1.82, 2.24) is 10.6 Å². The summed E-state index contributed by atoms with van der Waals surface area (Å²) in [5, 5.41) is 6.36. The summed E-state index contributed by atoms with van der Waals surface area (Å²) in [6, 6.07) is 17.2. The highest BCUT2D eigenvalue weighted by Crippen LogP contribution is 2.29.